The number of imide groups is 1. The fourth-order valence-corrected chi connectivity index (χ4v) is 2.96. The van der Waals surface area contributed by atoms with E-state index in [1.54, 1.807) is 18.2 Å². The van der Waals surface area contributed by atoms with Gasteiger partial charge in [-0.3, -0.25) is 9.69 Å². The van der Waals surface area contributed by atoms with E-state index in [0.717, 1.165) is 4.90 Å². The second-order valence-corrected chi connectivity index (χ2v) is 7.95. The molecule has 1 N–H and O–H groups in total. The zero-order chi connectivity index (χ0) is 22.1. The maximum Gasteiger partial charge on any atom is 0.373 e. The number of nitrogens with one attached hydrogen (secondary N) is 1. The first kappa shape index (κ1) is 21.4. The molecule has 2 aromatic rings. The summed E-state index contributed by atoms with van der Waals surface area (Å²) in [6.07, 6.45) is 1.52. The molecule has 1 fully saturated rings. The second-order valence-electron chi connectivity index (χ2n) is 7.54. The Bertz CT molecular complexity index is 1030. The van der Waals surface area contributed by atoms with Crippen LogP contribution < -0.4 is 10.1 Å². The number of benzene rings is 1. The Balaban J connectivity index is 1.75. The number of halogens is 1. The van der Waals surface area contributed by atoms with E-state index in [1.165, 1.54) is 25.3 Å². The minimum Gasteiger partial charge on any atom is -0.487 e. The van der Waals surface area contributed by atoms with Gasteiger partial charge in [-0.2, -0.15) is 0 Å². The number of amides is 3. The van der Waals surface area contributed by atoms with Crippen molar-refractivity contribution in [2.45, 2.75) is 32.9 Å². The van der Waals surface area contributed by atoms with Crippen molar-refractivity contribution < 1.29 is 28.3 Å². The Hall–Kier alpha value is -3.26. The van der Waals surface area contributed by atoms with Crippen LogP contribution in [0.25, 0.3) is 6.08 Å². The van der Waals surface area contributed by atoms with Gasteiger partial charge in [0.2, 0.25) is 5.76 Å². The summed E-state index contributed by atoms with van der Waals surface area (Å²) in [6, 6.07) is 7.41. The van der Waals surface area contributed by atoms with Gasteiger partial charge in [-0.05, 0) is 56.7 Å². The third kappa shape index (κ3) is 4.83. The molecule has 0 unspecified atom stereocenters. The van der Waals surface area contributed by atoms with Crippen LogP contribution in [0.1, 0.15) is 42.6 Å². The highest BCUT2D eigenvalue weighted by atomic mass is 35.5. The van der Waals surface area contributed by atoms with E-state index < -0.39 is 23.5 Å². The zero-order valence-electron chi connectivity index (χ0n) is 16.9. The maximum absolute atomic E-state index is 12.6. The van der Waals surface area contributed by atoms with Gasteiger partial charge in [0.05, 0.1) is 18.7 Å². The van der Waals surface area contributed by atoms with Crippen molar-refractivity contribution in [3.05, 3.63) is 58.1 Å². The van der Waals surface area contributed by atoms with E-state index in [9.17, 15) is 14.4 Å². The lowest BCUT2D eigenvalue weighted by atomic mass is 10.1. The van der Waals surface area contributed by atoms with Gasteiger partial charge in [0.1, 0.15) is 22.8 Å². The second kappa shape index (κ2) is 8.23. The lowest BCUT2D eigenvalue weighted by molar-refractivity contribution is -0.123. The van der Waals surface area contributed by atoms with E-state index in [4.69, 9.17) is 20.8 Å². The first-order valence-electron chi connectivity index (χ1n) is 9.07. The molecular formula is C21H21ClN2O6. The molecule has 0 aliphatic carbocycles. The molecule has 30 heavy (non-hydrogen) atoms. The van der Waals surface area contributed by atoms with Crippen LogP contribution in [-0.4, -0.2) is 35.5 Å². The normalized spacial score (nSPS) is 15.5. The van der Waals surface area contributed by atoms with Gasteiger partial charge in [0.15, 0.2) is 0 Å². The van der Waals surface area contributed by atoms with Gasteiger partial charge in [-0.1, -0.05) is 17.7 Å². The summed E-state index contributed by atoms with van der Waals surface area (Å²) in [4.78, 5) is 37.3. The van der Waals surface area contributed by atoms with Crippen molar-refractivity contribution in [2.75, 3.05) is 7.11 Å². The highest BCUT2D eigenvalue weighted by molar-refractivity contribution is 6.32. The summed E-state index contributed by atoms with van der Waals surface area (Å²) in [7, 11) is 1.23. The van der Waals surface area contributed by atoms with E-state index in [1.807, 2.05) is 20.8 Å². The summed E-state index contributed by atoms with van der Waals surface area (Å²) in [6.45, 7) is 5.60. The summed E-state index contributed by atoms with van der Waals surface area (Å²) < 4.78 is 15.7. The Labute approximate surface area is 178 Å². The Morgan fingerprint density at radius 1 is 1.23 bits per heavy atom. The standard InChI is InChI=1S/C21H21ClN2O6/c1-21(2,3)30-16-7-5-12(9-14(16)22)10-15-18(25)24(20(27)23-15)11-13-6-8-17(29-13)19(26)28-4/h5-10H,11H2,1-4H3,(H,23,27)/b15-10-. The summed E-state index contributed by atoms with van der Waals surface area (Å²) in [5.74, 6) is -0.389. The molecule has 0 radical (unpaired) electrons. The van der Waals surface area contributed by atoms with Crippen LogP contribution in [0.2, 0.25) is 5.02 Å². The van der Waals surface area contributed by atoms with E-state index in [2.05, 4.69) is 10.1 Å². The van der Waals surface area contributed by atoms with Crippen molar-refractivity contribution in [1.29, 1.82) is 0 Å². The van der Waals surface area contributed by atoms with E-state index >= 15 is 0 Å². The fourth-order valence-electron chi connectivity index (χ4n) is 2.73. The van der Waals surface area contributed by atoms with Crippen LogP contribution in [0.15, 0.2) is 40.4 Å². The van der Waals surface area contributed by atoms with Crippen molar-refractivity contribution >= 4 is 35.6 Å². The number of hydrogen-bond donors (Lipinski definition) is 1. The smallest absolute Gasteiger partial charge is 0.373 e. The molecule has 9 heteroatoms. The third-order valence-corrected chi connectivity index (χ3v) is 4.30. The molecule has 0 spiro atoms. The van der Waals surface area contributed by atoms with Crippen molar-refractivity contribution in [2.24, 2.45) is 0 Å². The number of methoxy groups -OCH3 is 1. The minimum atomic E-state index is -0.644. The molecule has 3 rings (SSSR count). The van der Waals surface area contributed by atoms with Gasteiger partial charge < -0.3 is 19.2 Å². The maximum atomic E-state index is 12.6. The average molecular weight is 433 g/mol. The van der Waals surface area contributed by atoms with Gasteiger partial charge in [0, 0.05) is 0 Å². The summed E-state index contributed by atoms with van der Waals surface area (Å²) in [5, 5.41) is 2.91. The quantitative estimate of drug-likeness (QED) is 0.436. The molecular weight excluding hydrogens is 412 g/mol. The molecule has 0 atom stereocenters. The minimum absolute atomic E-state index is 0.0115. The summed E-state index contributed by atoms with van der Waals surface area (Å²) >= 11 is 6.27. The molecule has 158 valence electrons. The van der Waals surface area contributed by atoms with Gasteiger partial charge in [0.25, 0.3) is 5.91 Å². The van der Waals surface area contributed by atoms with Crippen LogP contribution in [0, 0.1) is 0 Å². The Morgan fingerprint density at radius 3 is 2.60 bits per heavy atom. The van der Waals surface area contributed by atoms with Crippen molar-refractivity contribution in [3.8, 4) is 5.75 Å². The lowest BCUT2D eigenvalue weighted by Crippen LogP contribution is -2.30. The monoisotopic (exact) mass is 432 g/mol. The first-order chi connectivity index (χ1) is 14.1. The average Bonchev–Trinajstić information content (AvgIpc) is 3.23. The molecule has 0 bridgehead atoms. The van der Waals surface area contributed by atoms with Crippen LogP contribution in [0.5, 0.6) is 5.75 Å². The SMILES string of the molecule is COC(=O)c1ccc(CN2C(=O)N/C(=C\c3ccc(OC(C)(C)C)c(Cl)c3)C2=O)o1. The number of carbonyl (C=O) groups excluding carboxylic acids is 3. The number of rotatable bonds is 5. The van der Waals surface area contributed by atoms with Crippen molar-refractivity contribution in [1.82, 2.24) is 10.2 Å². The Morgan fingerprint density at radius 2 is 1.97 bits per heavy atom. The molecule has 1 aromatic heterocycles. The van der Waals surface area contributed by atoms with E-state index in [-0.39, 0.29) is 23.8 Å². The Kier molecular flexibility index (Phi) is 5.89. The molecule has 1 aliphatic rings. The topological polar surface area (TPSA) is 98.1 Å². The molecule has 0 saturated carbocycles. The summed E-state index contributed by atoms with van der Waals surface area (Å²) in [5.41, 5.74) is 0.317. The number of urea groups is 1. The van der Waals surface area contributed by atoms with Crippen LogP contribution >= 0.6 is 11.6 Å². The highest BCUT2D eigenvalue weighted by Gasteiger charge is 2.34. The predicted octanol–water partition coefficient (Wildman–Crippen LogP) is 3.99. The van der Waals surface area contributed by atoms with E-state index in [0.29, 0.717) is 16.3 Å². The van der Waals surface area contributed by atoms with Crippen LogP contribution in [0.4, 0.5) is 4.79 Å². The third-order valence-electron chi connectivity index (χ3n) is 4.01. The largest absolute Gasteiger partial charge is 0.487 e. The lowest BCUT2D eigenvalue weighted by Gasteiger charge is -2.22. The zero-order valence-corrected chi connectivity index (χ0v) is 17.7. The van der Waals surface area contributed by atoms with Crippen LogP contribution in [0.3, 0.4) is 0 Å². The number of nitrogens with zero attached hydrogens (tertiary/aromatic N) is 1. The van der Waals surface area contributed by atoms with Crippen LogP contribution in [-0.2, 0) is 16.1 Å². The molecule has 1 aliphatic heterocycles. The number of esters is 1. The molecule has 2 heterocycles. The molecule has 8 nitrogen and oxygen atoms in total. The van der Waals surface area contributed by atoms with Crippen molar-refractivity contribution in [3.63, 3.8) is 0 Å². The number of ether oxygens (including phenoxy) is 2. The predicted molar refractivity (Wildman–Crippen MR) is 109 cm³/mol. The number of hydrogen-bond acceptors (Lipinski definition) is 6. The fraction of sp³-hybridized carbons (Fsp3) is 0.286. The molecule has 1 saturated heterocycles. The highest BCUT2D eigenvalue weighted by Crippen LogP contribution is 2.30. The molecule has 1 aromatic carbocycles. The van der Waals surface area contributed by atoms with Gasteiger partial charge >= 0.3 is 12.0 Å². The van der Waals surface area contributed by atoms with Gasteiger partial charge in [-0.15, -0.1) is 0 Å². The number of furan rings is 1. The van der Waals surface area contributed by atoms with Gasteiger partial charge in [-0.25, -0.2) is 9.59 Å². The number of carbonyl (C=O) groups is 3. The molecule has 3 amide bonds. The first-order valence-corrected chi connectivity index (χ1v) is 9.45.